The van der Waals surface area contributed by atoms with Crippen molar-refractivity contribution in [1.29, 1.82) is 0 Å². The lowest BCUT2D eigenvalue weighted by Gasteiger charge is -2.33. The number of pyridine rings is 1. The van der Waals surface area contributed by atoms with Crippen LogP contribution in [0.15, 0.2) is 118 Å². The van der Waals surface area contributed by atoms with Gasteiger partial charge in [-0.3, -0.25) is 4.90 Å². The Bertz CT molecular complexity index is 1340. The smallest absolute Gasteiger partial charge is 0.130 e. The quantitative estimate of drug-likeness (QED) is 0.252. The van der Waals surface area contributed by atoms with Crippen molar-refractivity contribution in [1.82, 2.24) is 4.40 Å². The summed E-state index contributed by atoms with van der Waals surface area (Å²) in [6.45, 7) is 0. The van der Waals surface area contributed by atoms with Crippen LogP contribution in [0, 0.1) is 0 Å². The van der Waals surface area contributed by atoms with Crippen molar-refractivity contribution < 1.29 is 0 Å². The van der Waals surface area contributed by atoms with Crippen LogP contribution in [-0.4, -0.2) is 4.40 Å². The minimum Gasteiger partial charge on any atom is -0.302 e. The molecular formula is C26H17BrN2S. The summed E-state index contributed by atoms with van der Waals surface area (Å²) < 4.78 is 3.38. The number of rotatable bonds is 2. The third kappa shape index (κ3) is 2.79. The third-order valence-electron chi connectivity index (χ3n) is 5.45. The van der Waals surface area contributed by atoms with E-state index in [1.54, 1.807) is 0 Å². The molecule has 4 heteroatoms. The van der Waals surface area contributed by atoms with Crippen molar-refractivity contribution in [3.63, 3.8) is 0 Å². The number of benzene rings is 3. The fourth-order valence-electron chi connectivity index (χ4n) is 4.11. The molecule has 0 spiro atoms. The fraction of sp³-hybridized carbons (Fsp3) is 0. The van der Waals surface area contributed by atoms with Gasteiger partial charge in [-0.05, 0) is 60.2 Å². The summed E-state index contributed by atoms with van der Waals surface area (Å²) in [5.74, 6) is 1.16. The van der Waals surface area contributed by atoms with Crippen LogP contribution in [-0.2, 0) is 0 Å². The second-order valence-corrected chi connectivity index (χ2v) is 9.26. The Morgan fingerprint density at radius 1 is 0.667 bits per heavy atom. The van der Waals surface area contributed by atoms with Gasteiger partial charge >= 0.3 is 0 Å². The van der Waals surface area contributed by atoms with E-state index >= 15 is 0 Å². The second kappa shape index (κ2) is 7.08. The van der Waals surface area contributed by atoms with Crippen molar-refractivity contribution in [3.05, 3.63) is 108 Å². The third-order valence-corrected chi connectivity index (χ3v) is 7.11. The summed E-state index contributed by atoms with van der Waals surface area (Å²) in [5.41, 5.74) is 6.01. The molecule has 0 amide bonds. The van der Waals surface area contributed by atoms with Crippen LogP contribution in [0.1, 0.15) is 0 Å². The van der Waals surface area contributed by atoms with Gasteiger partial charge in [-0.25, -0.2) is 0 Å². The standard InChI is InChI=1S/C26H17BrN2S/c27-19-14-12-18(13-15-19)21-17-20-7-5-6-16-28(20)26(21)29-22-8-1-3-10-24(22)30-25-11-4-2-9-23(25)29/h1-17H. The topological polar surface area (TPSA) is 7.65 Å². The van der Waals surface area contributed by atoms with E-state index in [2.05, 4.69) is 128 Å². The Morgan fingerprint density at radius 3 is 2.00 bits per heavy atom. The van der Waals surface area contributed by atoms with E-state index < -0.39 is 0 Å². The molecule has 0 N–H and O–H groups in total. The first kappa shape index (κ1) is 17.9. The zero-order valence-electron chi connectivity index (χ0n) is 16.0. The van der Waals surface area contributed by atoms with E-state index in [1.807, 2.05) is 11.8 Å². The Balaban J connectivity index is 1.70. The first-order valence-corrected chi connectivity index (χ1v) is 11.4. The summed E-state index contributed by atoms with van der Waals surface area (Å²) in [6, 6.07) is 34.5. The number of halogens is 1. The molecular weight excluding hydrogens is 452 g/mol. The second-order valence-electron chi connectivity index (χ2n) is 7.26. The zero-order chi connectivity index (χ0) is 20.1. The van der Waals surface area contributed by atoms with Gasteiger partial charge in [0.25, 0.3) is 0 Å². The zero-order valence-corrected chi connectivity index (χ0v) is 18.4. The summed E-state index contributed by atoms with van der Waals surface area (Å²) in [5, 5.41) is 0. The first-order valence-electron chi connectivity index (χ1n) is 9.82. The average Bonchev–Trinajstić information content (AvgIpc) is 3.17. The highest BCUT2D eigenvalue weighted by molar-refractivity contribution is 9.10. The van der Waals surface area contributed by atoms with Crippen LogP contribution < -0.4 is 4.90 Å². The Hall–Kier alpha value is -2.95. The minimum atomic E-state index is 1.08. The largest absolute Gasteiger partial charge is 0.302 e. The molecule has 3 aromatic carbocycles. The molecule has 1 aliphatic heterocycles. The molecule has 0 radical (unpaired) electrons. The predicted molar refractivity (Wildman–Crippen MR) is 129 cm³/mol. The van der Waals surface area contributed by atoms with Gasteiger partial charge in [0, 0.05) is 31.5 Å². The molecule has 144 valence electrons. The molecule has 0 bridgehead atoms. The van der Waals surface area contributed by atoms with Gasteiger partial charge in [-0.2, -0.15) is 0 Å². The maximum absolute atomic E-state index is 3.57. The van der Waals surface area contributed by atoms with E-state index in [1.165, 1.54) is 37.8 Å². The summed E-state index contributed by atoms with van der Waals surface area (Å²) in [7, 11) is 0. The lowest BCUT2D eigenvalue weighted by Crippen LogP contribution is -2.17. The Kier molecular flexibility index (Phi) is 4.22. The van der Waals surface area contributed by atoms with E-state index in [0.29, 0.717) is 0 Å². The van der Waals surface area contributed by atoms with Crippen LogP contribution in [0.4, 0.5) is 17.2 Å². The monoisotopic (exact) mass is 468 g/mol. The number of hydrogen-bond donors (Lipinski definition) is 0. The molecule has 2 aromatic heterocycles. The number of para-hydroxylation sites is 2. The van der Waals surface area contributed by atoms with Crippen molar-refractivity contribution in [3.8, 4) is 11.1 Å². The van der Waals surface area contributed by atoms with Crippen molar-refractivity contribution in [2.24, 2.45) is 0 Å². The van der Waals surface area contributed by atoms with Gasteiger partial charge in [-0.1, -0.05) is 70.2 Å². The molecule has 1 aliphatic rings. The van der Waals surface area contributed by atoms with Gasteiger partial charge in [0.1, 0.15) is 5.82 Å². The van der Waals surface area contributed by atoms with Gasteiger partial charge in [0.05, 0.1) is 11.4 Å². The number of nitrogens with zero attached hydrogens (tertiary/aromatic N) is 2. The van der Waals surface area contributed by atoms with Crippen LogP contribution in [0.2, 0.25) is 0 Å². The van der Waals surface area contributed by atoms with Crippen LogP contribution in [0.3, 0.4) is 0 Å². The molecule has 5 aromatic rings. The number of anilines is 3. The Labute approximate surface area is 187 Å². The van der Waals surface area contributed by atoms with E-state index in [9.17, 15) is 0 Å². The lowest BCUT2D eigenvalue weighted by molar-refractivity contribution is 1.08. The van der Waals surface area contributed by atoms with Gasteiger partial charge < -0.3 is 4.40 Å². The average molecular weight is 469 g/mol. The number of fused-ring (bicyclic) bond motifs is 3. The molecule has 30 heavy (non-hydrogen) atoms. The summed E-state index contributed by atoms with van der Waals surface area (Å²) in [4.78, 5) is 4.94. The maximum Gasteiger partial charge on any atom is 0.130 e. The highest BCUT2D eigenvalue weighted by Crippen LogP contribution is 2.53. The van der Waals surface area contributed by atoms with Gasteiger partial charge in [0.15, 0.2) is 0 Å². The molecule has 6 rings (SSSR count). The lowest BCUT2D eigenvalue weighted by atomic mass is 10.1. The predicted octanol–water partition coefficient (Wildman–Crippen LogP) is 8.30. The molecule has 3 heterocycles. The van der Waals surface area contributed by atoms with Crippen molar-refractivity contribution >= 4 is 50.4 Å². The van der Waals surface area contributed by atoms with Crippen molar-refractivity contribution in [2.75, 3.05) is 4.90 Å². The van der Waals surface area contributed by atoms with Gasteiger partial charge in [-0.15, -0.1) is 0 Å². The fourth-order valence-corrected chi connectivity index (χ4v) is 5.43. The molecule has 0 aliphatic carbocycles. The molecule has 2 nitrogen and oxygen atoms in total. The molecule has 0 saturated carbocycles. The molecule has 0 saturated heterocycles. The SMILES string of the molecule is Brc1ccc(-c2cc3ccccn3c2N2c3ccccc3Sc3ccccc32)cc1. The maximum atomic E-state index is 3.57. The summed E-state index contributed by atoms with van der Waals surface area (Å²) in [6.07, 6.45) is 2.15. The normalized spacial score (nSPS) is 12.6. The van der Waals surface area contributed by atoms with E-state index in [-0.39, 0.29) is 0 Å². The van der Waals surface area contributed by atoms with Crippen LogP contribution in [0.5, 0.6) is 0 Å². The molecule has 0 fully saturated rings. The molecule has 0 atom stereocenters. The van der Waals surface area contributed by atoms with Crippen LogP contribution >= 0.6 is 27.7 Å². The minimum absolute atomic E-state index is 1.08. The number of hydrogen-bond acceptors (Lipinski definition) is 2. The van der Waals surface area contributed by atoms with Crippen LogP contribution in [0.25, 0.3) is 16.6 Å². The summed E-state index contributed by atoms with van der Waals surface area (Å²) >= 11 is 5.41. The number of aromatic nitrogens is 1. The van der Waals surface area contributed by atoms with E-state index in [4.69, 9.17) is 0 Å². The highest BCUT2D eigenvalue weighted by atomic mass is 79.9. The van der Waals surface area contributed by atoms with Gasteiger partial charge in [0.2, 0.25) is 0 Å². The highest BCUT2D eigenvalue weighted by Gasteiger charge is 2.28. The van der Waals surface area contributed by atoms with Crippen molar-refractivity contribution in [2.45, 2.75) is 9.79 Å². The van der Waals surface area contributed by atoms with E-state index in [0.717, 1.165) is 10.3 Å². The Morgan fingerprint density at radius 2 is 1.30 bits per heavy atom. The first-order chi connectivity index (χ1) is 14.8. The molecule has 0 unspecified atom stereocenters.